The van der Waals surface area contributed by atoms with E-state index in [1.165, 1.54) is 10.7 Å². The summed E-state index contributed by atoms with van der Waals surface area (Å²) in [5.74, 6) is -2.00. The van der Waals surface area contributed by atoms with Gasteiger partial charge in [0.1, 0.15) is 0 Å². The highest BCUT2D eigenvalue weighted by molar-refractivity contribution is 5.94. The van der Waals surface area contributed by atoms with Gasteiger partial charge < -0.3 is 10.6 Å². The molecule has 172 valence electrons. The van der Waals surface area contributed by atoms with E-state index in [-0.39, 0.29) is 24.3 Å². The van der Waals surface area contributed by atoms with Crippen LogP contribution in [0.4, 0.5) is 14.5 Å². The molecule has 33 heavy (non-hydrogen) atoms. The van der Waals surface area contributed by atoms with Crippen molar-refractivity contribution in [3.8, 4) is 5.69 Å². The van der Waals surface area contributed by atoms with Gasteiger partial charge in [0.25, 0.3) is 5.91 Å². The zero-order valence-corrected chi connectivity index (χ0v) is 18.6. The minimum Gasteiger partial charge on any atom is -0.347 e. The zero-order chi connectivity index (χ0) is 23.5. The third-order valence-corrected chi connectivity index (χ3v) is 5.55. The first-order chi connectivity index (χ1) is 15.8. The number of amides is 2. The normalized spacial score (nSPS) is 12.6. The molecule has 0 unspecified atom stereocenters. The molecule has 0 saturated heterocycles. The van der Waals surface area contributed by atoms with Gasteiger partial charge in [-0.15, -0.1) is 0 Å². The Bertz CT molecular complexity index is 1200. The van der Waals surface area contributed by atoms with Crippen LogP contribution >= 0.6 is 0 Å². The van der Waals surface area contributed by atoms with Crippen molar-refractivity contribution in [1.29, 1.82) is 0 Å². The van der Waals surface area contributed by atoms with Gasteiger partial charge in [-0.25, -0.2) is 13.5 Å². The Balaban J connectivity index is 1.48. The van der Waals surface area contributed by atoms with Gasteiger partial charge in [-0.05, 0) is 55.0 Å². The highest BCUT2D eigenvalue weighted by Gasteiger charge is 2.27. The van der Waals surface area contributed by atoms with Crippen LogP contribution in [0.3, 0.4) is 0 Å². The van der Waals surface area contributed by atoms with Crippen LogP contribution in [0.15, 0.2) is 42.5 Å². The maximum absolute atomic E-state index is 13.7. The first kappa shape index (κ1) is 22.6. The maximum atomic E-state index is 13.7. The van der Waals surface area contributed by atoms with Gasteiger partial charge >= 0.3 is 0 Å². The van der Waals surface area contributed by atoms with Crippen molar-refractivity contribution in [3.05, 3.63) is 76.6 Å². The number of fused-ring (bicyclic) bond motifs is 1. The second kappa shape index (κ2) is 9.52. The average molecular weight is 453 g/mol. The molecular formula is C25H26F2N4O2. The number of benzene rings is 2. The lowest BCUT2D eigenvalue weighted by Crippen LogP contribution is -2.24. The minimum absolute atomic E-state index is 0.0514. The standard InChI is InChI=1S/C25H26F2N4O2/c1-15(2)11-23(32)29-17-6-3-5-16(12-17)14-28-25(33)24-19-7-4-8-22(19)31(30-24)18-9-10-20(26)21(27)13-18/h3,5-6,9-10,12-13,15H,4,7-8,11,14H2,1-2H3,(H,28,33)(H,29,32). The van der Waals surface area contributed by atoms with Crippen LogP contribution in [0.1, 0.15) is 54.0 Å². The molecule has 2 aromatic carbocycles. The second-order valence-electron chi connectivity index (χ2n) is 8.67. The van der Waals surface area contributed by atoms with E-state index in [1.807, 2.05) is 32.0 Å². The van der Waals surface area contributed by atoms with Crippen LogP contribution in [0.5, 0.6) is 0 Å². The van der Waals surface area contributed by atoms with Crippen LogP contribution in [-0.2, 0) is 24.2 Å². The molecule has 0 aliphatic heterocycles. The van der Waals surface area contributed by atoms with E-state index in [4.69, 9.17) is 0 Å². The maximum Gasteiger partial charge on any atom is 0.272 e. The lowest BCUT2D eigenvalue weighted by molar-refractivity contribution is -0.116. The van der Waals surface area contributed by atoms with Gasteiger partial charge in [0.2, 0.25) is 5.91 Å². The van der Waals surface area contributed by atoms with E-state index >= 15 is 0 Å². The molecule has 0 saturated carbocycles. The molecule has 0 bridgehead atoms. The number of carbonyl (C=O) groups is 2. The summed E-state index contributed by atoms with van der Waals surface area (Å²) >= 11 is 0. The number of rotatable bonds is 7. The SMILES string of the molecule is CC(C)CC(=O)Nc1cccc(CNC(=O)c2nn(-c3ccc(F)c(F)c3)c3c2CCC3)c1. The first-order valence-electron chi connectivity index (χ1n) is 11.0. The summed E-state index contributed by atoms with van der Waals surface area (Å²) in [6.07, 6.45) is 2.73. The molecule has 6 nitrogen and oxygen atoms in total. The Morgan fingerprint density at radius 3 is 2.67 bits per heavy atom. The van der Waals surface area contributed by atoms with Crippen LogP contribution < -0.4 is 10.6 Å². The van der Waals surface area contributed by atoms with E-state index in [0.29, 0.717) is 36.3 Å². The molecule has 2 amide bonds. The number of anilines is 1. The lowest BCUT2D eigenvalue weighted by Gasteiger charge is -2.10. The van der Waals surface area contributed by atoms with Crippen molar-refractivity contribution in [3.63, 3.8) is 0 Å². The molecular weight excluding hydrogens is 426 g/mol. The predicted octanol–water partition coefficient (Wildman–Crippen LogP) is 4.55. The zero-order valence-electron chi connectivity index (χ0n) is 18.6. The van der Waals surface area contributed by atoms with Gasteiger partial charge in [0.05, 0.1) is 5.69 Å². The fourth-order valence-corrected chi connectivity index (χ4v) is 4.06. The molecule has 3 aromatic rings. The topological polar surface area (TPSA) is 76.0 Å². The fourth-order valence-electron chi connectivity index (χ4n) is 4.06. The number of aromatic nitrogens is 2. The number of nitrogens with one attached hydrogen (secondary N) is 2. The largest absolute Gasteiger partial charge is 0.347 e. The number of hydrogen-bond acceptors (Lipinski definition) is 3. The van der Waals surface area contributed by atoms with Crippen molar-refractivity contribution >= 4 is 17.5 Å². The van der Waals surface area contributed by atoms with Gasteiger partial charge in [-0.2, -0.15) is 5.10 Å². The molecule has 0 atom stereocenters. The van der Waals surface area contributed by atoms with Crippen molar-refractivity contribution in [1.82, 2.24) is 15.1 Å². The third-order valence-electron chi connectivity index (χ3n) is 5.55. The van der Waals surface area contributed by atoms with Gasteiger partial charge in [0.15, 0.2) is 17.3 Å². The molecule has 0 fully saturated rings. The number of carbonyl (C=O) groups excluding carboxylic acids is 2. The molecule has 0 radical (unpaired) electrons. The summed E-state index contributed by atoms with van der Waals surface area (Å²) in [5.41, 5.74) is 3.89. The summed E-state index contributed by atoms with van der Waals surface area (Å²) < 4.78 is 28.6. The molecule has 0 spiro atoms. The number of halogens is 2. The average Bonchev–Trinajstić information content (AvgIpc) is 3.36. The van der Waals surface area contributed by atoms with Gasteiger partial charge in [-0.3, -0.25) is 9.59 Å². The molecule has 1 aromatic heterocycles. The Hall–Kier alpha value is -3.55. The van der Waals surface area contributed by atoms with E-state index in [1.54, 1.807) is 6.07 Å². The smallest absolute Gasteiger partial charge is 0.272 e. The first-order valence-corrected chi connectivity index (χ1v) is 11.0. The highest BCUT2D eigenvalue weighted by Crippen LogP contribution is 2.28. The molecule has 1 aliphatic rings. The minimum atomic E-state index is -0.957. The van der Waals surface area contributed by atoms with Crippen LogP contribution in [0, 0.1) is 17.6 Å². The highest BCUT2D eigenvalue weighted by atomic mass is 19.2. The molecule has 1 heterocycles. The second-order valence-corrected chi connectivity index (χ2v) is 8.67. The van der Waals surface area contributed by atoms with Crippen molar-refractivity contribution in [2.24, 2.45) is 5.92 Å². The molecule has 4 rings (SSSR count). The summed E-state index contributed by atoms with van der Waals surface area (Å²) in [4.78, 5) is 25.0. The fraction of sp³-hybridized carbons (Fsp3) is 0.320. The summed E-state index contributed by atoms with van der Waals surface area (Å²) in [6.45, 7) is 4.23. The number of hydrogen-bond donors (Lipinski definition) is 2. The molecule has 1 aliphatic carbocycles. The van der Waals surface area contributed by atoms with Crippen molar-refractivity contribution in [2.45, 2.75) is 46.1 Å². The Morgan fingerprint density at radius 1 is 1.09 bits per heavy atom. The van der Waals surface area contributed by atoms with Crippen LogP contribution in [0.2, 0.25) is 0 Å². The summed E-state index contributed by atoms with van der Waals surface area (Å²) in [6, 6.07) is 10.9. The third kappa shape index (κ3) is 5.10. The van der Waals surface area contributed by atoms with E-state index < -0.39 is 11.6 Å². The molecule has 8 heteroatoms. The van der Waals surface area contributed by atoms with Gasteiger partial charge in [-0.1, -0.05) is 26.0 Å². The van der Waals surface area contributed by atoms with E-state index in [9.17, 15) is 18.4 Å². The quantitative estimate of drug-likeness (QED) is 0.552. The Morgan fingerprint density at radius 2 is 1.91 bits per heavy atom. The summed E-state index contributed by atoms with van der Waals surface area (Å²) in [7, 11) is 0. The molecule has 2 N–H and O–H groups in total. The number of nitrogens with zero attached hydrogens (tertiary/aromatic N) is 2. The Kier molecular flexibility index (Phi) is 6.53. The van der Waals surface area contributed by atoms with Crippen molar-refractivity contribution < 1.29 is 18.4 Å². The Labute approximate surface area is 191 Å². The van der Waals surface area contributed by atoms with Gasteiger partial charge in [0, 0.05) is 36.0 Å². The van der Waals surface area contributed by atoms with E-state index in [0.717, 1.165) is 35.4 Å². The summed E-state index contributed by atoms with van der Waals surface area (Å²) in [5, 5.41) is 10.2. The van der Waals surface area contributed by atoms with Crippen LogP contribution in [-0.4, -0.2) is 21.6 Å². The predicted molar refractivity (Wildman–Crippen MR) is 121 cm³/mol. The van der Waals surface area contributed by atoms with E-state index in [2.05, 4.69) is 15.7 Å². The van der Waals surface area contributed by atoms with Crippen molar-refractivity contribution in [2.75, 3.05) is 5.32 Å². The monoisotopic (exact) mass is 452 g/mol. The lowest BCUT2D eigenvalue weighted by atomic mass is 10.1. The van der Waals surface area contributed by atoms with Crippen LogP contribution in [0.25, 0.3) is 5.69 Å².